The van der Waals surface area contributed by atoms with Crippen LogP contribution < -0.4 is 9.62 Å². The first-order valence-electron chi connectivity index (χ1n) is 11.0. The maximum absolute atomic E-state index is 13.8. The number of rotatable bonds is 6. The molecular formula is C24H20N6O3S2. The smallest absolute Gasteiger partial charge is 0.247 e. The molecular weight excluding hydrogens is 484 g/mol. The number of nitrogens with zero attached hydrogens (tertiary/aromatic N) is 5. The molecule has 35 heavy (non-hydrogen) atoms. The number of fused-ring (bicyclic) bond motifs is 4. The number of aromatic nitrogens is 4. The number of hydrogen-bond donors (Lipinski definition) is 1. The molecule has 0 aliphatic carbocycles. The normalized spacial score (nSPS) is 14.5. The first-order valence-corrected chi connectivity index (χ1v) is 13.3. The van der Waals surface area contributed by atoms with Gasteiger partial charge in [-0.3, -0.25) is 9.69 Å². The molecule has 0 radical (unpaired) electrons. The predicted molar refractivity (Wildman–Crippen MR) is 134 cm³/mol. The molecule has 3 heterocycles. The van der Waals surface area contributed by atoms with Crippen molar-refractivity contribution in [3.63, 3.8) is 0 Å². The zero-order valence-electron chi connectivity index (χ0n) is 18.4. The third-order valence-corrected chi connectivity index (χ3v) is 8.13. The van der Waals surface area contributed by atoms with Gasteiger partial charge in [-0.05, 0) is 42.3 Å². The monoisotopic (exact) mass is 504 g/mol. The van der Waals surface area contributed by atoms with Crippen LogP contribution in [0.15, 0.2) is 77.7 Å². The Morgan fingerprint density at radius 3 is 2.57 bits per heavy atom. The zero-order valence-corrected chi connectivity index (χ0v) is 20.0. The minimum atomic E-state index is -4.01. The van der Waals surface area contributed by atoms with Gasteiger partial charge in [-0.25, -0.2) is 13.4 Å². The van der Waals surface area contributed by atoms with E-state index in [0.29, 0.717) is 30.1 Å². The van der Waals surface area contributed by atoms with Crippen LogP contribution in [0.1, 0.15) is 5.56 Å². The van der Waals surface area contributed by atoms with Crippen LogP contribution in [-0.4, -0.2) is 45.2 Å². The fourth-order valence-corrected chi connectivity index (χ4v) is 6.13. The highest BCUT2D eigenvalue weighted by Gasteiger charge is 2.35. The second kappa shape index (κ2) is 8.52. The summed E-state index contributed by atoms with van der Waals surface area (Å²) in [6, 6.07) is 20.6. The highest BCUT2D eigenvalue weighted by atomic mass is 32.2. The average molecular weight is 505 g/mol. The van der Waals surface area contributed by atoms with E-state index in [1.165, 1.54) is 12.1 Å². The Balaban J connectivity index is 1.35. The number of carbonyl (C=O) groups is 1. The Labute approximate surface area is 205 Å². The molecule has 0 saturated heterocycles. The summed E-state index contributed by atoms with van der Waals surface area (Å²) in [5.74, 6) is 0.186. The second-order valence-electron chi connectivity index (χ2n) is 8.32. The first kappa shape index (κ1) is 21.8. The molecule has 3 aromatic carbocycles. The summed E-state index contributed by atoms with van der Waals surface area (Å²) in [5, 5.41) is 0. The lowest BCUT2D eigenvalue weighted by atomic mass is 10.1. The fraction of sp³-hybridized carbons (Fsp3) is 0.167. The van der Waals surface area contributed by atoms with Crippen LogP contribution in [0.5, 0.6) is 0 Å². The third kappa shape index (κ3) is 3.97. The first-order chi connectivity index (χ1) is 17.0. The van der Waals surface area contributed by atoms with Crippen molar-refractivity contribution in [3.8, 4) is 0 Å². The van der Waals surface area contributed by atoms with Gasteiger partial charge in [-0.1, -0.05) is 42.5 Å². The van der Waals surface area contributed by atoms with Gasteiger partial charge in [-0.2, -0.15) is 13.5 Å². The van der Waals surface area contributed by atoms with Gasteiger partial charge in [0.25, 0.3) is 0 Å². The van der Waals surface area contributed by atoms with Gasteiger partial charge in [0.05, 0.1) is 27.7 Å². The highest BCUT2D eigenvalue weighted by Crippen LogP contribution is 2.28. The highest BCUT2D eigenvalue weighted by molar-refractivity contribution is 7.89. The minimum absolute atomic E-state index is 0.0391. The largest absolute Gasteiger partial charge is 0.308 e. The number of imidazole rings is 1. The lowest BCUT2D eigenvalue weighted by molar-refractivity contribution is -0.120. The van der Waals surface area contributed by atoms with Gasteiger partial charge in [0.1, 0.15) is 17.1 Å². The van der Waals surface area contributed by atoms with Crippen molar-refractivity contribution in [2.24, 2.45) is 0 Å². The number of anilines is 1. The Morgan fingerprint density at radius 1 is 0.943 bits per heavy atom. The molecule has 5 aromatic rings. The summed E-state index contributed by atoms with van der Waals surface area (Å²) in [5.41, 5.74) is 3.72. The molecule has 1 unspecified atom stereocenters. The Hall–Kier alpha value is -3.67. The van der Waals surface area contributed by atoms with Crippen molar-refractivity contribution in [1.82, 2.24) is 23.0 Å². The molecule has 176 valence electrons. The standard InChI is InChI=1S/C24H20N6O3S2/c31-23(30-13-12-29-22-9-5-4-8-19(22)25-24(29)30)21(14-16-6-2-1-3-7-16)28-35(32,33)17-10-11-18-20(15-17)27-34-26-18/h1-11,15,21,28H,12-14H2. The summed E-state index contributed by atoms with van der Waals surface area (Å²) >= 11 is 1.02. The minimum Gasteiger partial charge on any atom is -0.308 e. The van der Waals surface area contributed by atoms with Gasteiger partial charge in [0, 0.05) is 13.1 Å². The maximum atomic E-state index is 13.8. The van der Waals surface area contributed by atoms with E-state index in [4.69, 9.17) is 0 Å². The van der Waals surface area contributed by atoms with E-state index >= 15 is 0 Å². The van der Waals surface area contributed by atoms with Gasteiger partial charge >= 0.3 is 0 Å². The molecule has 9 nitrogen and oxygen atoms in total. The van der Waals surface area contributed by atoms with Crippen molar-refractivity contribution in [3.05, 3.63) is 78.4 Å². The van der Waals surface area contributed by atoms with E-state index in [9.17, 15) is 13.2 Å². The van der Waals surface area contributed by atoms with E-state index in [1.807, 2.05) is 59.2 Å². The molecule has 0 fully saturated rings. The summed E-state index contributed by atoms with van der Waals surface area (Å²) in [6.45, 7) is 1.02. The number of sulfonamides is 1. The number of hydrogen-bond acceptors (Lipinski definition) is 7. The Kier molecular flexibility index (Phi) is 5.32. The van der Waals surface area contributed by atoms with Gasteiger partial charge in [0.2, 0.25) is 21.9 Å². The van der Waals surface area contributed by atoms with Crippen LogP contribution in [0, 0.1) is 0 Å². The van der Waals surface area contributed by atoms with E-state index in [-0.39, 0.29) is 17.2 Å². The molecule has 1 aliphatic heterocycles. The number of benzene rings is 3. The lowest BCUT2D eigenvalue weighted by Gasteiger charge is -2.23. The molecule has 1 N–H and O–H groups in total. The zero-order chi connectivity index (χ0) is 24.0. The number of para-hydroxylation sites is 2. The van der Waals surface area contributed by atoms with Crippen molar-refractivity contribution < 1.29 is 13.2 Å². The number of carbonyl (C=O) groups excluding carboxylic acids is 1. The van der Waals surface area contributed by atoms with Crippen molar-refractivity contribution >= 4 is 55.7 Å². The van der Waals surface area contributed by atoms with Crippen molar-refractivity contribution in [2.45, 2.75) is 23.9 Å². The number of amides is 1. The summed E-state index contributed by atoms with van der Waals surface area (Å²) in [7, 11) is -4.01. The third-order valence-electron chi connectivity index (χ3n) is 6.10. The van der Waals surface area contributed by atoms with Gasteiger partial charge < -0.3 is 4.57 Å². The van der Waals surface area contributed by atoms with Crippen molar-refractivity contribution in [2.75, 3.05) is 11.4 Å². The number of nitrogens with one attached hydrogen (secondary N) is 1. The fourth-order valence-electron chi connectivity index (χ4n) is 4.40. The van der Waals surface area contributed by atoms with Gasteiger partial charge in [-0.15, -0.1) is 0 Å². The Morgan fingerprint density at radius 2 is 1.71 bits per heavy atom. The molecule has 0 bridgehead atoms. The molecule has 2 aromatic heterocycles. The van der Waals surface area contributed by atoms with E-state index in [0.717, 1.165) is 28.3 Å². The van der Waals surface area contributed by atoms with Crippen LogP contribution in [0.25, 0.3) is 22.1 Å². The van der Waals surface area contributed by atoms with E-state index < -0.39 is 16.1 Å². The summed E-state index contributed by atoms with van der Waals surface area (Å²) in [4.78, 5) is 20.1. The molecule has 11 heteroatoms. The molecule has 0 saturated carbocycles. The van der Waals surface area contributed by atoms with Crippen LogP contribution in [0.3, 0.4) is 0 Å². The van der Waals surface area contributed by atoms with Crippen LogP contribution in [0.4, 0.5) is 5.95 Å². The van der Waals surface area contributed by atoms with Crippen LogP contribution >= 0.6 is 11.7 Å². The lowest BCUT2D eigenvalue weighted by Crippen LogP contribution is -2.49. The Bertz CT molecular complexity index is 1660. The second-order valence-corrected chi connectivity index (χ2v) is 10.6. The molecule has 6 rings (SSSR count). The SMILES string of the molecule is O=C(C(Cc1ccccc1)NS(=O)(=O)c1ccc2nsnc2c1)N1CCn2c1nc1ccccc12. The van der Waals surface area contributed by atoms with Gasteiger partial charge in [0.15, 0.2) is 0 Å². The average Bonchev–Trinajstić information content (AvgIpc) is 3.58. The summed E-state index contributed by atoms with van der Waals surface area (Å²) in [6.07, 6.45) is 0.204. The van der Waals surface area contributed by atoms with Crippen molar-refractivity contribution in [1.29, 1.82) is 0 Å². The molecule has 1 aliphatic rings. The van der Waals surface area contributed by atoms with Crippen LogP contribution in [-0.2, 0) is 27.8 Å². The summed E-state index contributed by atoms with van der Waals surface area (Å²) < 4.78 is 39.6. The molecule has 0 spiro atoms. The predicted octanol–water partition coefficient (Wildman–Crippen LogP) is 2.98. The molecule has 1 amide bonds. The quantitative estimate of drug-likeness (QED) is 0.381. The van der Waals surface area contributed by atoms with E-state index in [2.05, 4.69) is 18.5 Å². The maximum Gasteiger partial charge on any atom is 0.247 e. The molecule has 1 atom stereocenters. The van der Waals surface area contributed by atoms with Crippen LogP contribution in [0.2, 0.25) is 0 Å². The van der Waals surface area contributed by atoms with E-state index in [1.54, 1.807) is 11.0 Å². The topological polar surface area (TPSA) is 110 Å².